The van der Waals surface area contributed by atoms with Crippen LogP contribution >= 0.6 is 11.8 Å². The molecule has 2 N–H and O–H groups in total. The molecule has 1 rings (SSSR count). The Kier molecular flexibility index (Phi) is 3.80. The largest absolute Gasteiger partial charge is 0.497 e. The SMILES string of the molecule is COc1ccc(SC)c(F)c1B(O)O. The van der Waals surface area contributed by atoms with Crippen LogP contribution in [0.15, 0.2) is 17.0 Å². The van der Waals surface area contributed by atoms with E-state index in [0.717, 1.165) is 0 Å². The molecule has 14 heavy (non-hydrogen) atoms. The first-order valence-corrected chi connectivity index (χ1v) is 5.10. The van der Waals surface area contributed by atoms with Crippen LogP contribution in [0.5, 0.6) is 5.75 Å². The van der Waals surface area contributed by atoms with Crippen molar-refractivity contribution in [2.75, 3.05) is 13.4 Å². The lowest BCUT2D eigenvalue weighted by Gasteiger charge is -2.10. The molecule has 0 amide bonds. The van der Waals surface area contributed by atoms with Gasteiger partial charge in [0, 0.05) is 4.90 Å². The molecule has 0 atom stereocenters. The summed E-state index contributed by atoms with van der Waals surface area (Å²) in [6.07, 6.45) is 1.71. The highest BCUT2D eigenvalue weighted by Gasteiger charge is 2.24. The van der Waals surface area contributed by atoms with Crippen molar-refractivity contribution in [1.29, 1.82) is 0 Å². The monoisotopic (exact) mass is 216 g/mol. The number of halogens is 1. The van der Waals surface area contributed by atoms with Gasteiger partial charge in [-0.15, -0.1) is 11.8 Å². The van der Waals surface area contributed by atoms with Crippen LogP contribution in [0.2, 0.25) is 0 Å². The Labute approximate surface area is 86.0 Å². The molecule has 6 heteroatoms. The summed E-state index contributed by atoms with van der Waals surface area (Å²) in [6.45, 7) is 0. The maximum Gasteiger partial charge on any atom is 0.495 e. The highest BCUT2D eigenvalue weighted by molar-refractivity contribution is 7.98. The van der Waals surface area contributed by atoms with Crippen LogP contribution in [0.3, 0.4) is 0 Å². The molecule has 0 aliphatic carbocycles. The van der Waals surface area contributed by atoms with Gasteiger partial charge < -0.3 is 14.8 Å². The number of methoxy groups -OCH3 is 1. The Morgan fingerprint density at radius 2 is 2.07 bits per heavy atom. The van der Waals surface area contributed by atoms with Gasteiger partial charge in [-0.3, -0.25) is 0 Å². The molecule has 0 saturated carbocycles. The summed E-state index contributed by atoms with van der Waals surface area (Å²) in [5, 5.41) is 17.9. The van der Waals surface area contributed by atoms with Crippen molar-refractivity contribution < 1.29 is 19.2 Å². The van der Waals surface area contributed by atoms with Gasteiger partial charge in [0.1, 0.15) is 11.6 Å². The Morgan fingerprint density at radius 1 is 1.43 bits per heavy atom. The molecule has 0 spiro atoms. The first kappa shape index (κ1) is 11.4. The van der Waals surface area contributed by atoms with Crippen LogP contribution in [0.4, 0.5) is 4.39 Å². The predicted octanol–water partition coefficient (Wildman–Crippen LogP) is 0.236. The first-order valence-electron chi connectivity index (χ1n) is 3.88. The zero-order valence-corrected chi connectivity index (χ0v) is 8.64. The maximum atomic E-state index is 13.6. The van der Waals surface area contributed by atoms with Gasteiger partial charge in [-0.2, -0.15) is 0 Å². The number of rotatable bonds is 3. The summed E-state index contributed by atoms with van der Waals surface area (Å²) >= 11 is 1.19. The zero-order chi connectivity index (χ0) is 10.7. The van der Waals surface area contributed by atoms with Crippen molar-refractivity contribution in [2.24, 2.45) is 0 Å². The summed E-state index contributed by atoms with van der Waals surface area (Å²) in [5.41, 5.74) is -0.223. The van der Waals surface area contributed by atoms with E-state index in [1.54, 1.807) is 6.26 Å². The lowest BCUT2D eigenvalue weighted by molar-refractivity contribution is 0.397. The van der Waals surface area contributed by atoms with Gasteiger partial charge in [0.05, 0.1) is 12.6 Å². The Balaban J connectivity index is 3.31. The van der Waals surface area contributed by atoms with E-state index in [-0.39, 0.29) is 11.2 Å². The van der Waals surface area contributed by atoms with Gasteiger partial charge >= 0.3 is 7.12 Å². The lowest BCUT2D eigenvalue weighted by atomic mass is 9.79. The maximum absolute atomic E-state index is 13.6. The predicted molar refractivity (Wildman–Crippen MR) is 54.6 cm³/mol. The van der Waals surface area contributed by atoms with E-state index < -0.39 is 12.9 Å². The zero-order valence-electron chi connectivity index (χ0n) is 7.82. The van der Waals surface area contributed by atoms with Crippen LogP contribution in [0.1, 0.15) is 0 Å². The van der Waals surface area contributed by atoms with Crippen molar-refractivity contribution >= 4 is 24.3 Å². The second-order valence-electron chi connectivity index (χ2n) is 2.57. The average molecular weight is 216 g/mol. The summed E-state index contributed by atoms with van der Waals surface area (Å²) in [4.78, 5) is 0.355. The Bertz CT molecular complexity index is 333. The standard InChI is InChI=1S/C8H10BFO3S/c1-13-5-3-4-6(14-2)8(10)7(5)9(11)12/h3-4,11-12H,1-2H3. The average Bonchev–Trinajstić information content (AvgIpc) is 2.16. The fourth-order valence-electron chi connectivity index (χ4n) is 1.13. The molecule has 0 aliphatic rings. The van der Waals surface area contributed by atoms with Crippen molar-refractivity contribution in [3.05, 3.63) is 17.9 Å². The summed E-state index contributed by atoms with van der Waals surface area (Å²) in [6, 6.07) is 3.04. The van der Waals surface area contributed by atoms with Crippen LogP contribution in [-0.4, -0.2) is 30.5 Å². The van der Waals surface area contributed by atoms with E-state index in [1.165, 1.54) is 31.0 Å². The number of hydrogen-bond donors (Lipinski definition) is 2. The van der Waals surface area contributed by atoms with Gasteiger partial charge in [-0.05, 0) is 18.4 Å². The van der Waals surface area contributed by atoms with E-state index >= 15 is 0 Å². The molecule has 0 aromatic heterocycles. The van der Waals surface area contributed by atoms with E-state index in [2.05, 4.69) is 0 Å². The van der Waals surface area contributed by atoms with Crippen molar-refractivity contribution in [3.63, 3.8) is 0 Å². The molecule has 1 aromatic rings. The summed E-state index contributed by atoms with van der Waals surface area (Å²) < 4.78 is 18.4. The highest BCUT2D eigenvalue weighted by atomic mass is 32.2. The lowest BCUT2D eigenvalue weighted by Crippen LogP contribution is -2.34. The summed E-state index contributed by atoms with van der Waals surface area (Å²) in [5.74, 6) is -0.512. The molecular weight excluding hydrogens is 206 g/mol. The second-order valence-corrected chi connectivity index (χ2v) is 3.42. The number of ether oxygens (including phenoxy) is 1. The van der Waals surface area contributed by atoms with Crippen molar-refractivity contribution in [1.82, 2.24) is 0 Å². The number of benzene rings is 1. The fourth-order valence-corrected chi connectivity index (χ4v) is 1.62. The van der Waals surface area contributed by atoms with Crippen LogP contribution < -0.4 is 10.2 Å². The molecule has 0 aliphatic heterocycles. The second kappa shape index (κ2) is 4.68. The van der Waals surface area contributed by atoms with Gasteiger partial charge in [-0.1, -0.05) is 0 Å². The fraction of sp³-hybridized carbons (Fsp3) is 0.250. The van der Waals surface area contributed by atoms with Crippen molar-refractivity contribution in [3.8, 4) is 5.75 Å². The molecule has 0 unspecified atom stereocenters. The first-order chi connectivity index (χ1) is 6.61. The molecule has 0 radical (unpaired) electrons. The van der Waals surface area contributed by atoms with Crippen LogP contribution in [0.25, 0.3) is 0 Å². The molecule has 0 heterocycles. The quantitative estimate of drug-likeness (QED) is 0.561. The third-order valence-corrected chi connectivity index (χ3v) is 2.56. The number of thioether (sulfide) groups is 1. The van der Waals surface area contributed by atoms with Crippen LogP contribution in [0, 0.1) is 5.82 Å². The topological polar surface area (TPSA) is 49.7 Å². The smallest absolute Gasteiger partial charge is 0.495 e. The normalized spacial score (nSPS) is 10.1. The van der Waals surface area contributed by atoms with E-state index in [9.17, 15) is 4.39 Å². The number of hydrogen-bond acceptors (Lipinski definition) is 4. The molecular formula is C8H10BFO3S. The molecule has 76 valence electrons. The van der Waals surface area contributed by atoms with E-state index in [1.807, 2.05) is 0 Å². The third-order valence-electron chi connectivity index (χ3n) is 1.80. The van der Waals surface area contributed by atoms with Gasteiger partial charge in [0.15, 0.2) is 0 Å². The van der Waals surface area contributed by atoms with Crippen LogP contribution in [-0.2, 0) is 0 Å². The molecule has 3 nitrogen and oxygen atoms in total. The van der Waals surface area contributed by atoms with Gasteiger partial charge in [-0.25, -0.2) is 4.39 Å². The summed E-state index contributed by atoms with van der Waals surface area (Å²) in [7, 11) is -0.517. The molecule has 0 fully saturated rings. The van der Waals surface area contributed by atoms with Gasteiger partial charge in [0.2, 0.25) is 0 Å². The third kappa shape index (κ3) is 2.02. The highest BCUT2D eigenvalue weighted by Crippen LogP contribution is 2.21. The molecule has 0 saturated heterocycles. The molecule has 0 bridgehead atoms. The molecule has 1 aromatic carbocycles. The Morgan fingerprint density at radius 3 is 2.50 bits per heavy atom. The van der Waals surface area contributed by atoms with Crippen molar-refractivity contribution in [2.45, 2.75) is 4.90 Å². The van der Waals surface area contributed by atoms with E-state index in [4.69, 9.17) is 14.8 Å². The minimum atomic E-state index is -1.86. The minimum absolute atomic E-state index is 0.135. The Hall–Kier alpha value is -0.715. The van der Waals surface area contributed by atoms with Gasteiger partial charge in [0.25, 0.3) is 0 Å². The van der Waals surface area contributed by atoms with E-state index in [0.29, 0.717) is 4.90 Å². The minimum Gasteiger partial charge on any atom is -0.497 e.